The van der Waals surface area contributed by atoms with Gasteiger partial charge in [0.1, 0.15) is 17.7 Å². The van der Waals surface area contributed by atoms with E-state index in [0.29, 0.717) is 62.2 Å². The molecule has 1 aliphatic heterocycles. The summed E-state index contributed by atoms with van der Waals surface area (Å²) >= 11 is 0. The molecule has 4 heterocycles. The van der Waals surface area contributed by atoms with Crippen LogP contribution in [0.25, 0.3) is 33.3 Å². The smallest absolute Gasteiger partial charge is 0.333 e. The van der Waals surface area contributed by atoms with Crippen molar-refractivity contribution in [1.82, 2.24) is 29.4 Å². The number of likely N-dealkylation sites (tertiary alicyclic amines) is 1. The number of nitrogen functional groups attached to an aromatic ring is 1. The lowest BCUT2D eigenvalue weighted by Gasteiger charge is -2.25. The van der Waals surface area contributed by atoms with Crippen LogP contribution in [0.5, 0.6) is 0 Å². The maximum absolute atomic E-state index is 13.4. The van der Waals surface area contributed by atoms with Crippen LogP contribution in [0.2, 0.25) is 0 Å². The van der Waals surface area contributed by atoms with Crippen molar-refractivity contribution in [3.8, 4) is 22.4 Å². The van der Waals surface area contributed by atoms with Crippen molar-refractivity contribution in [2.45, 2.75) is 25.6 Å². The van der Waals surface area contributed by atoms with Gasteiger partial charge in [-0.05, 0) is 43.2 Å². The first kappa shape index (κ1) is 26.8. The number of halogens is 2. The van der Waals surface area contributed by atoms with Crippen LogP contribution < -0.4 is 11.1 Å². The minimum Gasteiger partial charge on any atom is -0.383 e. The van der Waals surface area contributed by atoms with Crippen molar-refractivity contribution in [3.63, 3.8) is 0 Å². The molecule has 42 heavy (non-hydrogen) atoms. The van der Waals surface area contributed by atoms with Crippen LogP contribution in [0.4, 0.5) is 20.3 Å². The highest BCUT2D eigenvalue weighted by Gasteiger charge is 2.33. The highest BCUT2D eigenvalue weighted by Crippen LogP contribution is 2.41. The Labute approximate surface area is 239 Å². The van der Waals surface area contributed by atoms with Gasteiger partial charge in [-0.3, -0.25) is 9.59 Å². The third kappa shape index (κ3) is 4.76. The van der Waals surface area contributed by atoms with Gasteiger partial charge in [0.05, 0.1) is 17.1 Å². The van der Waals surface area contributed by atoms with Gasteiger partial charge < -0.3 is 16.0 Å². The van der Waals surface area contributed by atoms with Crippen molar-refractivity contribution >= 4 is 34.2 Å². The van der Waals surface area contributed by atoms with Crippen LogP contribution in [0.3, 0.4) is 0 Å². The van der Waals surface area contributed by atoms with E-state index in [1.54, 1.807) is 46.0 Å². The van der Waals surface area contributed by atoms with Crippen molar-refractivity contribution in [2.75, 3.05) is 17.6 Å². The van der Waals surface area contributed by atoms with Gasteiger partial charge in [0.15, 0.2) is 0 Å². The molecule has 0 bridgehead atoms. The molecule has 1 aliphatic rings. The standard InChI is InChI=1S/C30H26F2N8O2/c1-2-24(41)38-14-6-9-23(38)40-27-22(20-15-35-39(17-20)30(31)32)16-34-28(33)25(27)26(37-40)18-10-12-19(13-11-18)29(42)36-21-7-4-3-5-8-21/h2-5,7-8,10-13,15-17,23,30H,1,6,9,14H2,(H2,33,34)(H,36,42)/t23-/m0/s1. The number of benzene rings is 2. The Morgan fingerprint density at radius 2 is 1.83 bits per heavy atom. The van der Waals surface area contributed by atoms with Gasteiger partial charge in [-0.15, -0.1) is 0 Å². The fourth-order valence-corrected chi connectivity index (χ4v) is 5.29. The van der Waals surface area contributed by atoms with Crippen LogP contribution >= 0.6 is 0 Å². The number of para-hydroxylation sites is 1. The molecule has 0 saturated carbocycles. The molecule has 6 rings (SSSR count). The van der Waals surface area contributed by atoms with E-state index in [-0.39, 0.29) is 17.6 Å². The van der Waals surface area contributed by atoms with Gasteiger partial charge in [0, 0.05) is 46.9 Å². The molecule has 0 spiro atoms. The molecular formula is C30H26F2N8O2. The van der Waals surface area contributed by atoms with Crippen molar-refractivity contribution in [3.05, 3.63) is 91.4 Å². The lowest BCUT2D eigenvalue weighted by Crippen LogP contribution is -2.32. The Morgan fingerprint density at radius 3 is 2.52 bits per heavy atom. The monoisotopic (exact) mass is 568 g/mol. The quantitative estimate of drug-likeness (QED) is 0.250. The third-order valence-corrected chi connectivity index (χ3v) is 7.28. The van der Waals surface area contributed by atoms with E-state index in [9.17, 15) is 18.4 Å². The Hall–Kier alpha value is -5.39. The number of carbonyl (C=O) groups excluding carboxylic acids is 2. The van der Waals surface area contributed by atoms with Crippen molar-refractivity contribution in [1.29, 1.82) is 0 Å². The fraction of sp³-hybridized carbons (Fsp3) is 0.167. The summed E-state index contributed by atoms with van der Waals surface area (Å²) < 4.78 is 29.0. The van der Waals surface area contributed by atoms with Crippen LogP contribution in [-0.4, -0.2) is 47.8 Å². The van der Waals surface area contributed by atoms with Crippen molar-refractivity contribution < 1.29 is 18.4 Å². The zero-order valence-corrected chi connectivity index (χ0v) is 22.3. The molecule has 212 valence electrons. The predicted molar refractivity (Wildman–Crippen MR) is 154 cm³/mol. The van der Waals surface area contributed by atoms with Gasteiger partial charge in [-0.2, -0.15) is 19.0 Å². The minimum atomic E-state index is -2.82. The largest absolute Gasteiger partial charge is 0.383 e. The molecule has 3 N–H and O–H groups in total. The molecule has 12 heteroatoms. The number of aromatic nitrogens is 5. The number of amides is 2. The summed E-state index contributed by atoms with van der Waals surface area (Å²) in [5.41, 5.74) is 10.1. The molecule has 0 unspecified atom stereocenters. The number of rotatable bonds is 7. The van der Waals surface area contributed by atoms with Crippen LogP contribution in [-0.2, 0) is 4.79 Å². The molecule has 2 aromatic carbocycles. The van der Waals surface area contributed by atoms with Gasteiger partial charge in [0.2, 0.25) is 5.91 Å². The van der Waals surface area contributed by atoms with E-state index in [2.05, 4.69) is 22.0 Å². The third-order valence-electron chi connectivity index (χ3n) is 7.28. The summed E-state index contributed by atoms with van der Waals surface area (Å²) in [5.74, 6) is -0.334. The summed E-state index contributed by atoms with van der Waals surface area (Å²) in [6.45, 7) is 1.33. The molecule has 1 saturated heterocycles. The molecule has 2 amide bonds. The highest BCUT2D eigenvalue weighted by atomic mass is 19.3. The molecule has 3 aromatic heterocycles. The summed E-state index contributed by atoms with van der Waals surface area (Å²) in [6, 6.07) is 16.0. The molecule has 0 aliphatic carbocycles. The number of carbonyl (C=O) groups is 2. The number of alkyl halides is 2. The summed E-state index contributed by atoms with van der Waals surface area (Å²) in [7, 11) is 0. The van der Waals surface area contributed by atoms with E-state index in [4.69, 9.17) is 10.8 Å². The first-order valence-corrected chi connectivity index (χ1v) is 13.2. The topological polar surface area (TPSA) is 124 Å². The second kappa shape index (κ2) is 10.9. The predicted octanol–water partition coefficient (Wildman–Crippen LogP) is 5.50. The number of anilines is 2. The lowest BCUT2D eigenvalue weighted by molar-refractivity contribution is -0.128. The van der Waals surface area contributed by atoms with E-state index >= 15 is 0 Å². The molecule has 1 atom stereocenters. The number of hydrogen-bond donors (Lipinski definition) is 2. The first-order chi connectivity index (χ1) is 20.4. The van der Waals surface area contributed by atoms with E-state index < -0.39 is 12.7 Å². The maximum Gasteiger partial charge on any atom is 0.333 e. The Morgan fingerprint density at radius 1 is 1.07 bits per heavy atom. The zero-order valence-electron chi connectivity index (χ0n) is 22.3. The maximum atomic E-state index is 13.4. The Kier molecular flexibility index (Phi) is 6.95. The van der Waals surface area contributed by atoms with E-state index in [1.165, 1.54) is 24.7 Å². The number of hydrogen-bond acceptors (Lipinski definition) is 6. The zero-order chi connectivity index (χ0) is 29.4. The second-order valence-corrected chi connectivity index (χ2v) is 9.82. The summed E-state index contributed by atoms with van der Waals surface area (Å²) in [4.78, 5) is 31.6. The van der Waals surface area contributed by atoms with Crippen molar-refractivity contribution in [2.24, 2.45) is 0 Å². The van der Waals surface area contributed by atoms with Gasteiger partial charge in [0.25, 0.3) is 5.91 Å². The number of fused-ring (bicyclic) bond motifs is 1. The molecule has 1 fully saturated rings. The summed E-state index contributed by atoms with van der Waals surface area (Å²) in [5, 5.41) is 12.1. The number of nitrogens with zero attached hydrogens (tertiary/aromatic N) is 6. The van der Waals surface area contributed by atoms with E-state index in [1.807, 2.05) is 18.2 Å². The fourth-order valence-electron chi connectivity index (χ4n) is 5.29. The van der Waals surface area contributed by atoms with E-state index in [0.717, 1.165) is 6.42 Å². The Balaban J connectivity index is 1.48. The lowest BCUT2D eigenvalue weighted by atomic mass is 10.0. The van der Waals surface area contributed by atoms with Crippen LogP contribution in [0.1, 0.15) is 35.9 Å². The minimum absolute atomic E-state index is 0.182. The highest BCUT2D eigenvalue weighted by molar-refractivity contribution is 6.08. The van der Waals surface area contributed by atoms with Gasteiger partial charge in [-0.25, -0.2) is 14.3 Å². The second-order valence-electron chi connectivity index (χ2n) is 9.82. The SMILES string of the molecule is C=CC(=O)N1CCC[C@@H]1n1nc(-c2ccc(C(=O)Nc3ccccc3)cc2)c2c(N)ncc(-c3cnn(C(F)F)c3)c21. The number of pyridine rings is 1. The number of nitrogens with one attached hydrogen (secondary N) is 1. The molecule has 10 nitrogen and oxygen atoms in total. The van der Waals surface area contributed by atoms with Gasteiger partial charge >= 0.3 is 6.55 Å². The molecular weight excluding hydrogens is 542 g/mol. The first-order valence-electron chi connectivity index (χ1n) is 13.2. The van der Waals surface area contributed by atoms with Crippen LogP contribution in [0, 0.1) is 0 Å². The van der Waals surface area contributed by atoms with Gasteiger partial charge in [-0.1, -0.05) is 36.9 Å². The average molecular weight is 569 g/mol. The molecule has 0 radical (unpaired) electrons. The average Bonchev–Trinajstić information content (AvgIpc) is 3.77. The molecule has 5 aromatic rings. The Bertz CT molecular complexity index is 1800. The summed E-state index contributed by atoms with van der Waals surface area (Å²) in [6.07, 6.45) is 6.21. The van der Waals surface area contributed by atoms with Crippen LogP contribution in [0.15, 0.2) is 85.8 Å². The normalized spacial score (nSPS) is 14.9. The number of nitrogens with two attached hydrogens (primary N) is 1.